The highest BCUT2D eigenvalue weighted by Crippen LogP contribution is 2.23. The van der Waals surface area contributed by atoms with Crippen molar-refractivity contribution in [1.29, 1.82) is 5.41 Å². The number of nitrogens with two attached hydrogens (primary N) is 1. The molecule has 2 aromatic rings. The number of nitrogens with zero attached hydrogens (tertiary/aromatic N) is 2. The van der Waals surface area contributed by atoms with E-state index in [1.54, 1.807) is 6.08 Å². The van der Waals surface area contributed by atoms with Gasteiger partial charge in [0.15, 0.2) is 0 Å². The summed E-state index contributed by atoms with van der Waals surface area (Å²) in [5.74, 6) is 0.819. The topological polar surface area (TPSA) is 67.7 Å². The fraction of sp³-hybridized carbons (Fsp3) is 0.0909. The summed E-state index contributed by atoms with van der Waals surface area (Å²) in [7, 11) is 0. The maximum absolute atomic E-state index is 7.68. The van der Waals surface area contributed by atoms with Gasteiger partial charge in [0.25, 0.3) is 0 Å². The largest absolute Gasteiger partial charge is 0.306 e. The number of hydrogen-bond acceptors (Lipinski definition) is 3. The van der Waals surface area contributed by atoms with Gasteiger partial charge in [-0.2, -0.15) is 0 Å². The van der Waals surface area contributed by atoms with E-state index in [-0.39, 0.29) is 0 Å². The van der Waals surface area contributed by atoms with Gasteiger partial charge in [-0.3, -0.25) is 0 Å². The predicted octanol–water partition coefficient (Wildman–Crippen LogP) is 1.54. The van der Waals surface area contributed by atoms with Crippen molar-refractivity contribution in [2.24, 2.45) is 5.73 Å². The van der Waals surface area contributed by atoms with Gasteiger partial charge in [0.1, 0.15) is 12.0 Å². The highest BCUT2D eigenvalue weighted by atomic mass is 15.2. The number of fused-ring (bicyclic) bond motifs is 3. The molecule has 1 aromatic heterocycles. The highest BCUT2D eigenvalue weighted by Gasteiger charge is 2.20. The molecule has 1 atom stereocenters. The molecule has 1 unspecified atom stereocenters. The van der Waals surface area contributed by atoms with Crippen molar-refractivity contribution in [1.82, 2.24) is 9.55 Å². The summed E-state index contributed by atoms with van der Waals surface area (Å²) in [6.07, 6.45) is 3.11. The molecular weight excluding hydrogens is 188 g/mol. The molecule has 0 amide bonds. The van der Waals surface area contributed by atoms with Crippen LogP contribution in [-0.2, 0) is 0 Å². The molecule has 2 heterocycles. The molecule has 0 saturated carbocycles. The van der Waals surface area contributed by atoms with Gasteiger partial charge in [-0.05, 0) is 24.3 Å². The average Bonchev–Trinajstić information content (AvgIpc) is 2.62. The number of para-hydroxylation sites is 2. The van der Waals surface area contributed by atoms with Gasteiger partial charge in [-0.15, -0.1) is 0 Å². The lowest BCUT2D eigenvalue weighted by Gasteiger charge is -2.18. The van der Waals surface area contributed by atoms with Crippen LogP contribution in [0.25, 0.3) is 17.1 Å². The monoisotopic (exact) mass is 198 g/mol. The predicted molar refractivity (Wildman–Crippen MR) is 59.7 cm³/mol. The fourth-order valence-electron chi connectivity index (χ4n) is 1.88. The van der Waals surface area contributed by atoms with Crippen LogP contribution in [0, 0.1) is 5.41 Å². The minimum absolute atomic E-state index is 0.408. The Kier molecular flexibility index (Phi) is 1.55. The first-order valence-electron chi connectivity index (χ1n) is 4.76. The van der Waals surface area contributed by atoms with E-state index in [2.05, 4.69) is 4.98 Å². The minimum Gasteiger partial charge on any atom is -0.306 e. The molecule has 0 fully saturated rings. The summed E-state index contributed by atoms with van der Waals surface area (Å²) in [5.41, 5.74) is 8.26. The number of benzene rings is 1. The first kappa shape index (κ1) is 8.38. The van der Waals surface area contributed by atoms with Crippen molar-refractivity contribution >= 4 is 22.8 Å². The van der Waals surface area contributed by atoms with E-state index in [0.29, 0.717) is 5.71 Å². The third kappa shape index (κ3) is 1.05. The molecule has 0 spiro atoms. The molecular formula is C11H10N4. The third-order valence-corrected chi connectivity index (χ3v) is 2.63. The zero-order valence-corrected chi connectivity index (χ0v) is 8.01. The Labute approximate surface area is 86.5 Å². The maximum Gasteiger partial charge on any atom is 0.135 e. The SMILES string of the molecule is N=C1C=Cc2nc3ccccc3n2C1N. The summed E-state index contributed by atoms with van der Waals surface area (Å²) >= 11 is 0. The van der Waals surface area contributed by atoms with E-state index in [4.69, 9.17) is 11.1 Å². The molecule has 15 heavy (non-hydrogen) atoms. The van der Waals surface area contributed by atoms with Gasteiger partial charge >= 0.3 is 0 Å². The zero-order valence-electron chi connectivity index (χ0n) is 8.01. The van der Waals surface area contributed by atoms with E-state index >= 15 is 0 Å². The molecule has 1 aliphatic rings. The average molecular weight is 198 g/mol. The molecule has 0 aliphatic carbocycles. The van der Waals surface area contributed by atoms with Crippen LogP contribution in [0.2, 0.25) is 0 Å². The lowest BCUT2D eigenvalue weighted by Crippen LogP contribution is -2.28. The number of aromatic nitrogens is 2. The Balaban J connectivity index is 2.40. The summed E-state index contributed by atoms with van der Waals surface area (Å²) in [6, 6.07) is 7.82. The highest BCUT2D eigenvalue weighted by molar-refractivity contribution is 6.01. The first-order chi connectivity index (χ1) is 7.27. The van der Waals surface area contributed by atoms with Crippen molar-refractivity contribution in [2.75, 3.05) is 0 Å². The van der Waals surface area contributed by atoms with Gasteiger partial charge in [0.05, 0.1) is 16.7 Å². The molecule has 4 nitrogen and oxygen atoms in total. The molecule has 0 saturated heterocycles. The van der Waals surface area contributed by atoms with Crippen molar-refractivity contribution in [3.63, 3.8) is 0 Å². The van der Waals surface area contributed by atoms with Crippen LogP contribution in [0.4, 0.5) is 0 Å². The second-order valence-corrected chi connectivity index (χ2v) is 3.56. The van der Waals surface area contributed by atoms with Crippen LogP contribution in [0.1, 0.15) is 12.0 Å². The molecule has 1 aliphatic heterocycles. The third-order valence-electron chi connectivity index (χ3n) is 2.63. The van der Waals surface area contributed by atoms with E-state index < -0.39 is 6.17 Å². The van der Waals surface area contributed by atoms with Crippen LogP contribution >= 0.6 is 0 Å². The van der Waals surface area contributed by atoms with Crippen LogP contribution in [0.3, 0.4) is 0 Å². The first-order valence-corrected chi connectivity index (χ1v) is 4.76. The van der Waals surface area contributed by atoms with E-state index in [1.807, 2.05) is 34.9 Å². The Bertz CT molecular complexity index is 579. The fourth-order valence-corrected chi connectivity index (χ4v) is 1.88. The lowest BCUT2D eigenvalue weighted by molar-refractivity contribution is 0.672. The smallest absolute Gasteiger partial charge is 0.135 e. The number of imidazole rings is 1. The van der Waals surface area contributed by atoms with Crippen LogP contribution in [0.5, 0.6) is 0 Å². The van der Waals surface area contributed by atoms with Gasteiger partial charge in [0, 0.05) is 0 Å². The van der Waals surface area contributed by atoms with Gasteiger partial charge in [-0.25, -0.2) is 4.98 Å². The van der Waals surface area contributed by atoms with Gasteiger partial charge in [0.2, 0.25) is 0 Å². The summed E-state index contributed by atoms with van der Waals surface area (Å²) in [4.78, 5) is 4.44. The summed E-state index contributed by atoms with van der Waals surface area (Å²) in [5, 5.41) is 7.68. The van der Waals surface area contributed by atoms with E-state index in [0.717, 1.165) is 16.9 Å². The van der Waals surface area contributed by atoms with Gasteiger partial charge in [-0.1, -0.05) is 12.1 Å². The standard InChI is InChI=1S/C11H10N4/c12-7-5-6-10-14-8-3-1-2-4-9(8)15(10)11(7)13/h1-6,11-12H,13H2. The molecule has 4 heteroatoms. The Morgan fingerprint density at radius 1 is 1.27 bits per heavy atom. The maximum atomic E-state index is 7.68. The second-order valence-electron chi connectivity index (χ2n) is 3.56. The Hall–Kier alpha value is -1.94. The second kappa shape index (κ2) is 2.77. The molecule has 3 N–H and O–H groups in total. The van der Waals surface area contributed by atoms with Crippen molar-refractivity contribution < 1.29 is 0 Å². The molecule has 0 radical (unpaired) electrons. The van der Waals surface area contributed by atoms with Gasteiger partial charge < -0.3 is 15.7 Å². The Morgan fingerprint density at radius 2 is 2.07 bits per heavy atom. The number of rotatable bonds is 0. The number of nitrogens with one attached hydrogen (secondary N) is 1. The van der Waals surface area contributed by atoms with Crippen molar-refractivity contribution in [3.05, 3.63) is 36.2 Å². The number of hydrogen-bond donors (Lipinski definition) is 2. The molecule has 3 rings (SSSR count). The zero-order chi connectivity index (χ0) is 10.4. The minimum atomic E-state index is -0.419. The lowest BCUT2D eigenvalue weighted by atomic mass is 10.2. The quantitative estimate of drug-likeness (QED) is 0.674. The molecule has 74 valence electrons. The van der Waals surface area contributed by atoms with E-state index in [1.165, 1.54) is 0 Å². The normalized spacial score (nSPS) is 19.5. The summed E-state index contributed by atoms with van der Waals surface area (Å²) < 4.78 is 1.89. The van der Waals surface area contributed by atoms with Crippen molar-refractivity contribution in [2.45, 2.75) is 6.17 Å². The molecule has 1 aromatic carbocycles. The van der Waals surface area contributed by atoms with E-state index in [9.17, 15) is 0 Å². The summed E-state index contributed by atoms with van der Waals surface area (Å²) in [6.45, 7) is 0. The van der Waals surface area contributed by atoms with Crippen LogP contribution < -0.4 is 5.73 Å². The Morgan fingerprint density at radius 3 is 2.93 bits per heavy atom. The van der Waals surface area contributed by atoms with Crippen molar-refractivity contribution in [3.8, 4) is 0 Å². The van der Waals surface area contributed by atoms with Crippen LogP contribution in [0.15, 0.2) is 30.3 Å². The van der Waals surface area contributed by atoms with Crippen LogP contribution in [-0.4, -0.2) is 15.3 Å². The molecule has 0 bridgehead atoms.